The summed E-state index contributed by atoms with van der Waals surface area (Å²) in [5.41, 5.74) is 6.51. The standard InChI is InChI=1S/C15H24N6O2S/c1-4-5-8-15(2,10-18-24(3,22)23)21-13-12-11(7-6-9-17-12)19-14(16)20-13/h6-7,9,18H,4-5,8,10H2,1-3H3,(H3,16,19,20,21)/t15-/m1/s1. The van der Waals surface area contributed by atoms with Crippen LogP contribution in [0.5, 0.6) is 0 Å². The average molecular weight is 352 g/mol. The largest absolute Gasteiger partial charge is 0.368 e. The first-order valence-electron chi connectivity index (χ1n) is 7.83. The van der Waals surface area contributed by atoms with E-state index >= 15 is 0 Å². The van der Waals surface area contributed by atoms with E-state index in [4.69, 9.17) is 5.73 Å². The minimum absolute atomic E-state index is 0.145. The highest BCUT2D eigenvalue weighted by atomic mass is 32.2. The predicted molar refractivity (Wildman–Crippen MR) is 96.1 cm³/mol. The monoisotopic (exact) mass is 352 g/mol. The number of fused-ring (bicyclic) bond motifs is 1. The number of hydrogen-bond acceptors (Lipinski definition) is 7. The second kappa shape index (κ2) is 7.27. The minimum atomic E-state index is -3.29. The van der Waals surface area contributed by atoms with Crippen molar-refractivity contribution in [1.29, 1.82) is 0 Å². The molecule has 0 aromatic carbocycles. The van der Waals surface area contributed by atoms with Gasteiger partial charge in [-0.1, -0.05) is 19.8 Å². The van der Waals surface area contributed by atoms with Crippen LogP contribution in [0.15, 0.2) is 18.3 Å². The molecule has 0 amide bonds. The summed E-state index contributed by atoms with van der Waals surface area (Å²) >= 11 is 0. The topological polar surface area (TPSA) is 123 Å². The zero-order chi connectivity index (χ0) is 17.8. The lowest BCUT2D eigenvalue weighted by atomic mass is 9.95. The van der Waals surface area contributed by atoms with E-state index in [1.54, 1.807) is 12.3 Å². The molecule has 1 atom stereocenters. The van der Waals surface area contributed by atoms with Gasteiger partial charge in [0.25, 0.3) is 0 Å². The Balaban J connectivity index is 2.35. The maximum atomic E-state index is 11.5. The summed E-state index contributed by atoms with van der Waals surface area (Å²) in [6, 6.07) is 3.59. The van der Waals surface area contributed by atoms with Gasteiger partial charge in [-0.3, -0.25) is 4.98 Å². The Morgan fingerprint density at radius 2 is 2.08 bits per heavy atom. The first kappa shape index (κ1) is 18.3. The van der Waals surface area contributed by atoms with Crippen LogP contribution in [0.1, 0.15) is 33.1 Å². The average Bonchev–Trinajstić information content (AvgIpc) is 2.50. The van der Waals surface area contributed by atoms with Crippen LogP contribution < -0.4 is 15.8 Å². The number of nitrogens with zero attached hydrogens (tertiary/aromatic N) is 3. The maximum absolute atomic E-state index is 11.5. The van der Waals surface area contributed by atoms with E-state index in [-0.39, 0.29) is 12.5 Å². The lowest BCUT2D eigenvalue weighted by molar-refractivity contribution is 0.443. The fourth-order valence-corrected chi connectivity index (χ4v) is 2.99. The van der Waals surface area contributed by atoms with Crippen LogP contribution in [0.25, 0.3) is 11.0 Å². The number of unbranched alkanes of at least 4 members (excludes halogenated alkanes) is 1. The molecule has 2 aromatic rings. The molecule has 0 spiro atoms. The van der Waals surface area contributed by atoms with Crippen LogP contribution in [0, 0.1) is 0 Å². The number of sulfonamides is 1. The van der Waals surface area contributed by atoms with Crippen molar-refractivity contribution < 1.29 is 8.42 Å². The number of pyridine rings is 1. The van der Waals surface area contributed by atoms with E-state index in [1.807, 2.05) is 13.0 Å². The Kier molecular flexibility index (Phi) is 5.55. The molecule has 24 heavy (non-hydrogen) atoms. The molecule has 0 saturated carbocycles. The summed E-state index contributed by atoms with van der Waals surface area (Å²) in [4.78, 5) is 12.7. The molecule has 0 saturated heterocycles. The van der Waals surface area contributed by atoms with Gasteiger partial charge in [0.05, 0.1) is 11.8 Å². The lowest BCUT2D eigenvalue weighted by Crippen LogP contribution is -2.46. The van der Waals surface area contributed by atoms with Gasteiger partial charge in [0.1, 0.15) is 5.52 Å². The molecule has 4 N–H and O–H groups in total. The number of anilines is 2. The van der Waals surface area contributed by atoms with Crippen LogP contribution in [0.3, 0.4) is 0 Å². The van der Waals surface area contributed by atoms with Crippen LogP contribution in [0.2, 0.25) is 0 Å². The number of rotatable bonds is 8. The maximum Gasteiger partial charge on any atom is 0.222 e. The van der Waals surface area contributed by atoms with Gasteiger partial charge in [0.2, 0.25) is 16.0 Å². The third kappa shape index (κ3) is 5.00. The molecular weight excluding hydrogens is 328 g/mol. The first-order valence-corrected chi connectivity index (χ1v) is 9.73. The summed E-state index contributed by atoms with van der Waals surface area (Å²) < 4.78 is 25.5. The van der Waals surface area contributed by atoms with E-state index in [1.165, 1.54) is 0 Å². The predicted octanol–water partition coefficient (Wildman–Crippen LogP) is 1.52. The quantitative estimate of drug-likeness (QED) is 0.658. The van der Waals surface area contributed by atoms with E-state index in [0.717, 1.165) is 25.5 Å². The molecule has 0 aliphatic heterocycles. The zero-order valence-corrected chi connectivity index (χ0v) is 15.0. The van der Waals surface area contributed by atoms with Crippen LogP contribution >= 0.6 is 0 Å². The Bertz CT molecular complexity index is 811. The van der Waals surface area contributed by atoms with Gasteiger partial charge in [0, 0.05) is 18.3 Å². The van der Waals surface area contributed by atoms with Crippen molar-refractivity contribution in [2.75, 3.05) is 23.9 Å². The molecule has 0 aliphatic carbocycles. The molecule has 2 aromatic heterocycles. The van der Waals surface area contributed by atoms with Gasteiger partial charge in [-0.2, -0.15) is 4.98 Å². The van der Waals surface area contributed by atoms with Crippen molar-refractivity contribution in [3.63, 3.8) is 0 Å². The van der Waals surface area contributed by atoms with Crippen molar-refractivity contribution in [1.82, 2.24) is 19.7 Å². The second-order valence-electron chi connectivity index (χ2n) is 6.18. The Morgan fingerprint density at radius 1 is 1.33 bits per heavy atom. The van der Waals surface area contributed by atoms with E-state index in [2.05, 4.69) is 31.9 Å². The molecule has 0 bridgehead atoms. The molecule has 8 nitrogen and oxygen atoms in total. The molecule has 0 radical (unpaired) electrons. The molecular formula is C15H24N6O2S. The number of nitrogens with two attached hydrogens (primary N) is 1. The molecule has 9 heteroatoms. The van der Waals surface area contributed by atoms with Crippen molar-refractivity contribution in [3.8, 4) is 0 Å². The summed E-state index contributed by atoms with van der Waals surface area (Å²) in [5, 5.41) is 3.33. The van der Waals surface area contributed by atoms with Crippen molar-refractivity contribution in [2.24, 2.45) is 0 Å². The number of aromatic nitrogens is 3. The van der Waals surface area contributed by atoms with Crippen molar-refractivity contribution >= 4 is 32.8 Å². The Morgan fingerprint density at radius 3 is 2.75 bits per heavy atom. The molecule has 0 unspecified atom stereocenters. The smallest absolute Gasteiger partial charge is 0.222 e. The fourth-order valence-electron chi connectivity index (χ4n) is 2.41. The van der Waals surface area contributed by atoms with E-state index < -0.39 is 15.6 Å². The molecule has 0 fully saturated rings. The summed E-state index contributed by atoms with van der Waals surface area (Å²) in [6.07, 6.45) is 5.52. The first-order chi connectivity index (χ1) is 11.2. The third-order valence-corrected chi connectivity index (χ3v) is 4.37. The molecule has 2 heterocycles. The summed E-state index contributed by atoms with van der Waals surface area (Å²) in [7, 11) is -3.29. The highest BCUT2D eigenvalue weighted by Crippen LogP contribution is 2.25. The van der Waals surface area contributed by atoms with E-state index in [9.17, 15) is 8.42 Å². The van der Waals surface area contributed by atoms with Gasteiger partial charge < -0.3 is 11.1 Å². The number of nitrogens with one attached hydrogen (secondary N) is 2. The second-order valence-corrected chi connectivity index (χ2v) is 8.02. The number of nitrogen functional groups attached to an aromatic ring is 1. The van der Waals surface area contributed by atoms with E-state index in [0.29, 0.717) is 16.9 Å². The van der Waals surface area contributed by atoms with Crippen LogP contribution in [-0.2, 0) is 10.0 Å². The van der Waals surface area contributed by atoms with Crippen molar-refractivity contribution in [2.45, 2.75) is 38.6 Å². The normalized spacial score (nSPS) is 14.5. The highest BCUT2D eigenvalue weighted by molar-refractivity contribution is 7.88. The fraction of sp³-hybridized carbons (Fsp3) is 0.533. The third-order valence-electron chi connectivity index (χ3n) is 3.70. The SMILES string of the molecule is CCCC[C@](C)(CNS(C)(=O)=O)Nc1nc(N)nc2cccnc12. The van der Waals surface area contributed by atoms with Crippen LogP contribution in [-0.4, -0.2) is 41.7 Å². The summed E-state index contributed by atoms with van der Waals surface area (Å²) in [6.45, 7) is 4.28. The van der Waals surface area contributed by atoms with Gasteiger partial charge >= 0.3 is 0 Å². The summed E-state index contributed by atoms with van der Waals surface area (Å²) in [5.74, 6) is 0.652. The zero-order valence-electron chi connectivity index (χ0n) is 14.2. The molecule has 132 valence electrons. The minimum Gasteiger partial charge on any atom is -0.368 e. The molecule has 0 aliphatic rings. The Labute approximate surface area is 142 Å². The van der Waals surface area contributed by atoms with Crippen LogP contribution in [0.4, 0.5) is 11.8 Å². The van der Waals surface area contributed by atoms with Gasteiger partial charge in [-0.15, -0.1) is 0 Å². The number of hydrogen-bond donors (Lipinski definition) is 3. The van der Waals surface area contributed by atoms with Crippen molar-refractivity contribution in [3.05, 3.63) is 18.3 Å². The Hall–Kier alpha value is -2.00. The lowest BCUT2D eigenvalue weighted by Gasteiger charge is -2.31. The van der Waals surface area contributed by atoms with Gasteiger partial charge in [-0.05, 0) is 25.5 Å². The highest BCUT2D eigenvalue weighted by Gasteiger charge is 2.26. The van der Waals surface area contributed by atoms with Gasteiger partial charge in [0.15, 0.2) is 5.82 Å². The molecule has 2 rings (SSSR count). The van der Waals surface area contributed by atoms with Gasteiger partial charge in [-0.25, -0.2) is 18.1 Å².